The van der Waals surface area contributed by atoms with E-state index in [9.17, 15) is 4.79 Å². The molecule has 0 radical (unpaired) electrons. The Kier molecular flexibility index (Phi) is 6.74. The molecule has 0 spiro atoms. The highest BCUT2D eigenvalue weighted by Crippen LogP contribution is 2.37. The third-order valence-corrected chi connectivity index (χ3v) is 5.15. The summed E-state index contributed by atoms with van der Waals surface area (Å²) in [6, 6.07) is 3.89. The number of methoxy groups -OCH3 is 1. The molecule has 2 heterocycles. The van der Waals surface area contributed by atoms with E-state index >= 15 is 0 Å². The molecule has 1 aliphatic heterocycles. The normalized spacial score (nSPS) is 16.1. The lowest BCUT2D eigenvalue weighted by atomic mass is 10.1. The third kappa shape index (κ3) is 4.74. The van der Waals surface area contributed by atoms with Gasteiger partial charge in [0.2, 0.25) is 5.82 Å². The Morgan fingerprint density at radius 3 is 2.68 bits per heavy atom. The van der Waals surface area contributed by atoms with Crippen LogP contribution in [0.2, 0.25) is 5.02 Å². The molecule has 1 aliphatic rings. The lowest BCUT2D eigenvalue weighted by molar-refractivity contribution is 0.0617. The molecular formula is C19H26ClN5O3. The van der Waals surface area contributed by atoms with Gasteiger partial charge in [0, 0.05) is 32.7 Å². The zero-order valence-electron chi connectivity index (χ0n) is 16.4. The monoisotopic (exact) mass is 407 g/mol. The number of carbonyl (C=O) groups excluding carboxylic acids is 1. The molecule has 1 aromatic carbocycles. The quantitative estimate of drug-likeness (QED) is 0.759. The number of H-pyrrole nitrogens is 1. The number of nitrogens with one attached hydrogen (secondary N) is 1. The highest BCUT2D eigenvalue weighted by atomic mass is 35.5. The van der Waals surface area contributed by atoms with E-state index in [1.165, 1.54) is 6.33 Å². The first-order valence-corrected chi connectivity index (χ1v) is 9.79. The van der Waals surface area contributed by atoms with Crippen molar-refractivity contribution in [1.29, 1.82) is 0 Å². The number of ether oxygens (including phenoxy) is 2. The van der Waals surface area contributed by atoms with Crippen molar-refractivity contribution in [3.05, 3.63) is 34.9 Å². The van der Waals surface area contributed by atoms with Gasteiger partial charge in [0.15, 0.2) is 11.5 Å². The summed E-state index contributed by atoms with van der Waals surface area (Å²) in [4.78, 5) is 20.3. The first-order valence-electron chi connectivity index (χ1n) is 9.41. The molecule has 8 nitrogen and oxygen atoms in total. The molecule has 1 atom stereocenters. The van der Waals surface area contributed by atoms with Crippen molar-refractivity contribution in [3.8, 4) is 11.5 Å². The van der Waals surface area contributed by atoms with Crippen LogP contribution < -0.4 is 9.47 Å². The van der Waals surface area contributed by atoms with E-state index in [-0.39, 0.29) is 17.8 Å². The van der Waals surface area contributed by atoms with E-state index < -0.39 is 0 Å². The van der Waals surface area contributed by atoms with Crippen molar-refractivity contribution >= 4 is 17.5 Å². The van der Waals surface area contributed by atoms with Crippen LogP contribution in [0.25, 0.3) is 0 Å². The van der Waals surface area contributed by atoms with Gasteiger partial charge in [-0.2, -0.15) is 5.10 Å². The number of hydrogen-bond donors (Lipinski definition) is 1. The molecule has 1 fully saturated rings. The van der Waals surface area contributed by atoms with Gasteiger partial charge < -0.3 is 14.4 Å². The molecule has 28 heavy (non-hydrogen) atoms. The number of rotatable bonds is 7. The molecule has 0 aliphatic carbocycles. The third-order valence-electron chi connectivity index (χ3n) is 4.87. The zero-order chi connectivity index (χ0) is 20.1. The Labute approximate surface area is 169 Å². The van der Waals surface area contributed by atoms with Gasteiger partial charge in [-0.1, -0.05) is 18.5 Å². The first-order chi connectivity index (χ1) is 13.5. The summed E-state index contributed by atoms with van der Waals surface area (Å²) >= 11 is 6.46. The van der Waals surface area contributed by atoms with Gasteiger partial charge >= 0.3 is 0 Å². The molecule has 1 N–H and O–H groups in total. The van der Waals surface area contributed by atoms with Gasteiger partial charge in [0.05, 0.1) is 18.2 Å². The summed E-state index contributed by atoms with van der Waals surface area (Å²) in [5.74, 6) is 1.39. The van der Waals surface area contributed by atoms with Gasteiger partial charge in [-0.3, -0.25) is 14.8 Å². The van der Waals surface area contributed by atoms with Crippen LogP contribution in [0.5, 0.6) is 11.5 Å². The largest absolute Gasteiger partial charge is 0.493 e. The molecule has 152 valence electrons. The fraction of sp³-hybridized carbons (Fsp3) is 0.526. The van der Waals surface area contributed by atoms with E-state index in [2.05, 4.69) is 27.0 Å². The molecule has 1 aromatic heterocycles. The van der Waals surface area contributed by atoms with Crippen LogP contribution >= 0.6 is 11.6 Å². The second kappa shape index (κ2) is 9.25. The van der Waals surface area contributed by atoms with Crippen LogP contribution in [0.4, 0.5) is 0 Å². The van der Waals surface area contributed by atoms with Crippen LogP contribution in [-0.2, 0) is 6.54 Å². The van der Waals surface area contributed by atoms with Crippen molar-refractivity contribution in [2.45, 2.75) is 32.9 Å². The van der Waals surface area contributed by atoms with E-state index in [1.807, 2.05) is 19.1 Å². The number of amides is 1. The zero-order valence-corrected chi connectivity index (χ0v) is 17.2. The summed E-state index contributed by atoms with van der Waals surface area (Å²) in [6.45, 7) is 7.61. The smallest absolute Gasteiger partial charge is 0.291 e. The first kappa shape index (κ1) is 20.4. The van der Waals surface area contributed by atoms with Gasteiger partial charge in [-0.05, 0) is 31.0 Å². The average Bonchev–Trinajstić information content (AvgIpc) is 3.24. The minimum atomic E-state index is -0.117. The summed E-state index contributed by atoms with van der Waals surface area (Å²) in [6.07, 6.45) is 2.29. The number of aromatic amines is 1. The molecule has 0 saturated carbocycles. The lowest BCUT2D eigenvalue weighted by Gasteiger charge is -2.34. The number of halogens is 1. The number of hydrogen-bond acceptors (Lipinski definition) is 6. The molecule has 1 saturated heterocycles. The van der Waals surface area contributed by atoms with Crippen molar-refractivity contribution in [2.75, 3.05) is 33.3 Å². The van der Waals surface area contributed by atoms with Crippen LogP contribution in [0.15, 0.2) is 18.5 Å². The predicted octanol–water partition coefficient (Wildman–Crippen LogP) is 2.60. The van der Waals surface area contributed by atoms with Gasteiger partial charge in [-0.15, -0.1) is 0 Å². The number of benzene rings is 1. The molecule has 9 heteroatoms. The lowest BCUT2D eigenvalue weighted by Crippen LogP contribution is -2.48. The minimum Gasteiger partial charge on any atom is -0.493 e. The standard InChI is InChI=1S/C19H26ClN5O3/c1-4-13(2)28-17-15(20)9-14(10-16(17)27-3)11-24-5-7-25(8-6-24)19(26)18-21-12-22-23-18/h9-10,12-13H,4-8,11H2,1-3H3,(H,21,22,23). The maximum absolute atomic E-state index is 12.3. The van der Waals surface area contributed by atoms with Crippen LogP contribution in [0, 0.1) is 0 Å². The number of aromatic nitrogens is 3. The highest BCUT2D eigenvalue weighted by Gasteiger charge is 2.24. The topological polar surface area (TPSA) is 83.6 Å². The molecular weight excluding hydrogens is 382 g/mol. The molecule has 0 bridgehead atoms. The van der Waals surface area contributed by atoms with Crippen molar-refractivity contribution in [1.82, 2.24) is 25.0 Å². The van der Waals surface area contributed by atoms with Gasteiger partial charge in [-0.25, -0.2) is 4.98 Å². The highest BCUT2D eigenvalue weighted by molar-refractivity contribution is 6.32. The summed E-state index contributed by atoms with van der Waals surface area (Å²) in [5, 5.41) is 6.91. The second-order valence-corrected chi connectivity index (χ2v) is 7.26. The Balaban J connectivity index is 1.61. The fourth-order valence-corrected chi connectivity index (χ4v) is 3.37. The molecule has 1 amide bonds. The van der Waals surface area contributed by atoms with Crippen molar-refractivity contribution < 1.29 is 14.3 Å². The average molecular weight is 408 g/mol. The van der Waals surface area contributed by atoms with Gasteiger partial charge in [0.25, 0.3) is 5.91 Å². The second-order valence-electron chi connectivity index (χ2n) is 6.85. The predicted molar refractivity (Wildman–Crippen MR) is 106 cm³/mol. The maximum atomic E-state index is 12.3. The van der Waals surface area contributed by atoms with Crippen LogP contribution in [0.1, 0.15) is 36.5 Å². The summed E-state index contributed by atoms with van der Waals surface area (Å²) in [7, 11) is 1.62. The van der Waals surface area contributed by atoms with Crippen molar-refractivity contribution in [2.24, 2.45) is 0 Å². The van der Waals surface area contributed by atoms with E-state index in [0.717, 1.165) is 31.6 Å². The van der Waals surface area contributed by atoms with Crippen LogP contribution in [-0.4, -0.2) is 70.3 Å². The summed E-state index contributed by atoms with van der Waals surface area (Å²) < 4.78 is 11.4. The Hall–Kier alpha value is -2.32. The van der Waals surface area contributed by atoms with E-state index in [4.69, 9.17) is 21.1 Å². The van der Waals surface area contributed by atoms with Crippen LogP contribution in [0.3, 0.4) is 0 Å². The maximum Gasteiger partial charge on any atom is 0.291 e. The summed E-state index contributed by atoms with van der Waals surface area (Å²) in [5.41, 5.74) is 1.05. The fourth-order valence-electron chi connectivity index (χ4n) is 3.09. The van der Waals surface area contributed by atoms with E-state index in [0.29, 0.717) is 29.6 Å². The molecule has 1 unspecified atom stereocenters. The minimum absolute atomic E-state index is 0.0622. The Morgan fingerprint density at radius 2 is 2.07 bits per heavy atom. The molecule has 2 aromatic rings. The number of piperazine rings is 1. The van der Waals surface area contributed by atoms with E-state index in [1.54, 1.807) is 12.0 Å². The Bertz CT molecular complexity index is 791. The SMILES string of the molecule is CCC(C)Oc1c(Cl)cc(CN2CCN(C(=O)c3ncn[nH]3)CC2)cc1OC. The number of carbonyl (C=O) groups is 1. The Morgan fingerprint density at radius 1 is 1.32 bits per heavy atom. The van der Waals surface area contributed by atoms with Crippen molar-refractivity contribution in [3.63, 3.8) is 0 Å². The van der Waals surface area contributed by atoms with Gasteiger partial charge in [0.1, 0.15) is 6.33 Å². The molecule has 3 rings (SSSR count). The number of nitrogens with zero attached hydrogens (tertiary/aromatic N) is 4.